The minimum Gasteiger partial charge on any atom is -0.342 e. The first-order valence-electron chi connectivity index (χ1n) is 13.3. The van der Waals surface area contributed by atoms with E-state index in [0.29, 0.717) is 18.2 Å². The molecule has 1 N–H and O–H groups in total. The molecule has 0 unspecified atom stereocenters. The van der Waals surface area contributed by atoms with Crippen LogP contribution in [0.2, 0.25) is 10.0 Å². The molecule has 1 saturated carbocycles. The fraction of sp³-hybridized carbons (Fsp3) is 0.258. The number of nitrogens with one attached hydrogen (secondary N) is 1. The molecule has 1 aliphatic carbocycles. The topological polar surface area (TPSA) is 64.7 Å². The van der Waals surface area contributed by atoms with E-state index in [2.05, 4.69) is 57.3 Å². The molecule has 3 aromatic carbocycles. The molecule has 1 amide bonds. The lowest BCUT2D eigenvalue weighted by atomic mass is 9.81. The molecule has 2 aliphatic rings. The number of amides is 1. The lowest BCUT2D eigenvalue weighted by Gasteiger charge is -2.40. The van der Waals surface area contributed by atoms with Crippen molar-refractivity contribution in [3.63, 3.8) is 0 Å². The molecular weight excluding hydrogens is 529 g/mol. The molecule has 1 atom stereocenters. The second-order valence-electron chi connectivity index (χ2n) is 10.8. The molecule has 5 aromatic rings. The normalized spacial score (nSPS) is 18.7. The minimum atomic E-state index is -0.622. The fourth-order valence-electron chi connectivity index (χ4n) is 6.21. The monoisotopic (exact) mass is 555 g/mol. The van der Waals surface area contributed by atoms with Gasteiger partial charge in [-0.25, -0.2) is 0 Å². The third-order valence-electron chi connectivity index (χ3n) is 8.22. The number of aryl methyl sites for hydroxylation is 1. The zero-order valence-corrected chi connectivity index (χ0v) is 23.0. The van der Waals surface area contributed by atoms with Gasteiger partial charge >= 0.3 is 0 Å². The molecule has 8 heteroatoms. The average Bonchev–Trinajstić information content (AvgIpc) is 3.50. The number of hydrogen-bond acceptors (Lipinski definition) is 3. The van der Waals surface area contributed by atoms with Gasteiger partial charge in [-0.05, 0) is 73.9 Å². The number of carbonyl (C=O) groups excluding carboxylic acids is 1. The number of halogens is 2. The Labute approximate surface area is 236 Å². The molecule has 0 bridgehead atoms. The van der Waals surface area contributed by atoms with Crippen LogP contribution in [0.5, 0.6) is 0 Å². The van der Waals surface area contributed by atoms with Gasteiger partial charge in [-0.1, -0.05) is 65.2 Å². The summed E-state index contributed by atoms with van der Waals surface area (Å²) in [5, 5.41) is 13.0. The highest BCUT2D eigenvalue weighted by Gasteiger charge is 2.42. The Morgan fingerprint density at radius 2 is 1.72 bits per heavy atom. The zero-order valence-electron chi connectivity index (χ0n) is 21.5. The number of aromatic nitrogens is 4. The maximum atomic E-state index is 14.0. The predicted molar refractivity (Wildman–Crippen MR) is 154 cm³/mol. The Balaban J connectivity index is 1.31. The molecule has 0 spiro atoms. The Kier molecular flexibility index (Phi) is 5.79. The van der Waals surface area contributed by atoms with Crippen molar-refractivity contribution in [3.8, 4) is 5.69 Å². The second kappa shape index (κ2) is 9.25. The molecule has 6 nitrogen and oxygen atoms in total. The van der Waals surface area contributed by atoms with Gasteiger partial charge in [-0.2, -0.15) is 0 Å². The first-order valence-corrected chi connectivity index (χ1v) is 14.0. The van der Waals surface area contributed by atoms with Crippen molar-refractivity contribution in [2.45, 2.75) is 50.6 Å². The van der Waals surface area contributed by atoms with Crippen molar-refractivity contribution < 1.29 is 4.79 Å². The minimum absolute atomic E-state index is 0.267. The fourth-order valence-corrected chi connectivity index (χ4v) is 6.86. The van der Waals surface area contributed by atoms with Gasteiger partial charge in [0.25, 0.3) is 5.91 Å². The number of fused-ring (bicyclic) bond motifs is 3. The molecule has 7 rings (SSSR count). The summed E-state index contributed by atoms with van der Waals surface area (Å²) in [5.41, 5.74) is 6.83. The van der Waals surface area contributed by atoms with Crippen molar-refractivity contribution >= 4 is 40.0 Å². The van der Waals surface area contributed by atoms with Crippen molar-refractivity contribution in [1.29, 1.82) is 0 Å². The van der Waals surface area contributed by atoms with Gasteiger partial charge in [0.05, 0.1) is 33.4 Å². The van der Waals surface area contributed by atoms with Gasteiger partial charge in [0.1, 0.15) is 12.7 Å². The van der Waals surface area contributed by atoms with E-state index in [1.807, 2.05) is 18.2 Å². The lowest BCUT2D eigenvalue weighted by molar-refractivity contribution is 0.0868. The van der Waals surface area contributed by atoms with E-state index in [9.17, 15) is 4.79 Å². The van der Waals surface area contributed by atoms with Crippen molar-refractivity contribution in [2.75, 3.05) is 0 Å². The first-order chi connectivity index (χ1) is 18.9. The second-order valence-corrected chi connectivity index (χ2v) is 11.6. The molecule has 0 radical (unpaired) electrons. The highest BCUT2D eigenvalue weighted by Crippen LogP contribution is 2.49. The Bertz CT molecular complexity index is 1700. The summed E-state index contributed by atoms with van der Waals surface area (Å²) in [6.07, 6.45) is 7.29. The maximum absolute atomic E-state index is 14.0. The van der Waals surface area contributed by atoms with Crippen LogP contribution in [0.4, 0.5) is 0 Å². The lowest BCUT2D eigenvalue weighted by Crippen LogP contribution is -2.51. The largest absolute Gasteiger partial charge is 0.342 e. The number of nitrogens with zero attached hydrogens (tertiary/aromatic N) is 4. The van der Waals surface area contributed by atoms with Crippen LogP contribution in [0.1, 0.15) is 57.9 Å². The molecule has 2 aromatic heterocycles. The van der Waals surface area contributed by atoms with Crippen molar-refractivity contribution in [3.05, 3.63) is 111 Å². The molecular formula is C31H27Cl2N5O. The predicted octanol–water partition coefficient (Wildman–Crippen LogP) is 6.99. The van der Waals surface area contributed by atoms with Crippen molar-refractivity contribution in [2.24, 2.45) is 0 Å². The third-order valence-corrected chi connectivity index (χ3v) is 8.82. The number of benzene rings is 3. The van der Waals surface area contributed by atoms with Gasteiger partial charge in [-0.3, -0.25) is 9.36 Å². The smallest absolute Gasteiger partial charge is 0.255 e. The third kappa shape index (κ3) is 4.14. The van der Waals surface area contributed by atoms with E-state index >= 15 is 0 Å². The van der Waals surface area contributed by atoms with Crippen LogP contribution in [0, 0.1) is 6.92 Å². The van der Waals surface area contributed by atoms with Crippen LogP contribution in [0.25, 0.3) is 16.6 Å². The Morgan fingerprint density at radius 3 is 2.41 bits per heavy atom. The number of hydrogen-bond donors (Lipinski definition) is 1. The summed E-state index contributed by atoms with van der Waals surface area (Å²) >= 11 is 13.3. The van der Waals surface area contributed by atoms with Crippen LogP contribution in [-0.4, -0.2) is 25.2 Å². The highest BCUT2D eigenvalue weighted by atomic mass is 35.5. The molecule has 1 aliphatic heterocycles. The summed E-state index contributed by atoms with van der Waals surface area (Å²) < 4.78 is 4.14. The summed E-state index contributed by atoms with van der Waals surface area (Å²) in [4.78, 5) is 14.0. The zero-order chi connectivity index (χ0) is 26.7. The quantitative estimate of drug-likeness (QED) is 0.254. The van der Waals surface area contributed by atoms with E-state index in [4.69, 9.17) is 23.2 Å². The van der Waals surface area contributed by atoms with Crippen LogP contribution in [-0.2, 0) is 18.5 Å². The van der Waals surface area contributed by atoms with Crippen LogP contribution < -0.4 is 5.32 Å². The van der Waals surface area contributed by atoms with Gasteiger partial charge in [0, 0.05) is 16.6 Å². The Hall–Kier alpha value is -3.61. The Morgan fingerprint density at radius 1 is 1.00 bits per heavy atom. The van der Waals surface area contributed by atoms with E-state index in [-0.39, 0.29) is 21.5 Å². The van der Waals surface area contributed by atoms with E-state index in [1.54, 1.807) is 29.4 Å². The summed E-state index contributed by atoms with van der Waals surface area (Å²) in [5.74, 6) is 0.355. The van der Waals surface area contributed by atoms with Crippen molar-refractivity contribution in [1.82, 2.24) is 24.6 Å². The summed E-state index contributed by atoms with van der Waals surface area (Å²) in [6, 6.07) is 20.4. The van der Waals surface area contributed by atoms with Gasteiger partial charge in [-0.15, -0.1) is 10.2 Å². The molecule has 196 valence electrons. The highest BCUT2D eigenvalue weighted by molar-refractivity contribution is 6.40. The maximum Gasteiger partial charge on any atom is 0.255 e. The molecule has 3 heterocycles. The van der Waals surface area contributed by atoms with Crippen LogP contribution in [0.3, 0.4) is 0 Å². The van der Waals surface area contributed by atoms with Crippen LogP contribution in [0.15, 0.2) is 73.3 Å². The average molecular weight is 556 g/mol. The van der Waals surface area contributed by atoms with E-state index in [0.717, 1.165) is 18.4 Å². The standard InChI is InChI=1S/C31H27Cl2N5O/c1-19-7-10-26-23(13-19)28(20-8-9-20)27-11-12-31(16-38(26)27,21-5-3-2-4-6-21)36-30(39)29-24(32)14-22(15-25(29)33)37-17-34-35-18-37/h2-7,10,13-15,17-18,20H,8-9,11-12,16H2,1H3,(H,36,39)/t31-/m1/s1. The van der Waals surface area contributed by atoms with Crippen LogP contribution >= 0.6 is 23.2 Å². The van der Waals surface area contributed by atoms with E-state index < -0.39 is 5.54 Å². The molecule has 0 saturated heterocycles. The summed E-state index contributed by atoms with van der Waals surface area (Å²) in [6.45, 7) is 2.79. The van der Waals surface area contributed by atoms with E-state index in [1.165, 1.54) is 40.6 Å². The number of rotatable bonds is 5. The first kappa shape index (κ1) is 24.4. The van der Waals surface area contributed by atoms with Gasteiger partial charge in [0.15, 0.2) is 0 Å². The number of carbonyl (C=O) groups is 1. The molecule has 1 fully saturated rings. The van der Waals surface area contributed by atoms with Gasteiger partial charge < -0.3 is 9.88 Å². The SMILES string of the molecule is Cc1ccc2c(c1)c(C1CC1)c1n2C[C@@](NC(=O)c2c(Cl)cc(-n3cnnc3)cc2Cl)(c2ccccc2)CC1. The van der Waals surface area contributed by atoms with Gasteiger partial charge in [0.2, 0.25) is 0 Å². The summed E-state index contributed by atoms with van der Waals surface area (Å²) in [7, 11) is 0. The molecule has 39 heavy (non-hydrogen) atoms.